The molecule has 1 saturated heterocycles. The molecule has 3 amide bonds. The molecule has 3 aliphatic heterocycles. The molecule has 3 aliphatic rings. The molecule has 8 nitrogen and oxygen atoms in total. The van der Waals surface area contributed by atoms with Crippen LogP contribution in [0.15, 0.2) is 12.1 Å². The number of hydrogen-bond donors (Lipinski definition) is 3. The first-order chi connectivity index (χ1) is 11.6. The number of amides is 3. The van der Waals surface area contributed by atoms with E-state index in [4.69, 9.17) is 4.74 Å². The number of imide groups is 1. The summed E-state index contributed by atoms with van der Waals surface area (Å²) in [5.41, 5.74) is 2.03. The van der Waals surface area contributed by atoms with E-state index in [1.165, 1.54) is 4.90 Å². The minimum atomic E-state index is -0.626. The molecule has 3 heterocycles. The van der Waals surface area contributed by atoms with E-state index in [0.29, 0.717) is 36.5 Å². The molecular formula is C16H17N3O5. The maximum absolute atomic E-state index is 12.7. The van der Waals surface area contributed by atoms with Crippen LogP contribution >= 0.6 is 0 Å². The average molecular weight is 331 g/mol. The van der Waals surface area contributed by atoms with E-state index in [2.05, 4.69) is 10.6 Å². The van der Waals surface area contributed by atoms with Gasteiger partial charge >= 0.3 is 0 Å². The number of nitrogens with one attached hydrogen (secondary N) is 2. The van der Waals surface area contributed by atoms with Gasteiger partial charge in [-0.3, -0.25) is 19.7 Å². The maximum atomic E-state index is 12.7. The zero-order valence-electron chi connectivity index (χ0n) is 12.9. The Bertz CT molecular complexity index is 747. The molecule has 2 unspecified atom stereocenters. The third-order valence-corrected chi connectivity index (χ3v) is 4.64. The number of piperidine rings is 1. The SMILES string of the molecule is O=C1CCC(N2Cc3cc4c(cc3C2=O)NCC(CO)O4)C(=O)N1. The van der Waals surface area contributed by atoms with E-state index in [0.717, 1.165) is 5.56 Å². The van der Waals surface area contributed by atoms with Crippen molar-refractivity contribution in [1.82, 2.24) is 10.2 Å². The zero-order valence-corrected chi connectivity index (χ0v) is 12.9. The topological polar surface area (TPSA) is 108 Å². The molecule has 2 atom stereocenters. The van der Waals surface area contributed by atoms with E-state index in [1.54, 1.807) is 12.1 Å². The Hall–Kier alpha value is -2.61. The highest BCUT2D eigenvalue weighted by Crippen LogP contribution is 2.37. The molecule has 1 aromatic carbocycles. The highest BCUT2D eigenvalue weighted by atomic mass is 16.5. The highest BCUT2D eigenvalue weighted by molar-refractivity contribution is 6.06. The van der Waals surface area contributed by atoms with Crippen molar-refractivity contribution in [1.29, 1.82) is 0 Å². The van der Waals surface area contributed by atoms with E-state index < -0.39 is 11.9 Å². The van der Waals surface area contributed by atoms with Gasteiger partial charge in [0.1, 0.15) is 17.9 Å². The van der Waals surface area contributed by atoms with Gasteiger partial charge in [0.25, 0.3) is 5.91 Å². The number of benzene rings is 1. The van der Waals surface area contributed by atoms with Gasteiger partial charge in [-0.2, -0.15) is 0 Å². The van der Waals surface area contributed by atoms with E-state index in [-0.39, 0.29) is 30.9 Å². The number of rotatable bonds is 2. The fourth-order valence-corrected chi connectivity index (χ4v) is 3.38. The third kappa shape index (κ3) is 2.30. The molecular weight excluding hydrogens is 314 g/mol. The molecule has 4 rings (SSSR count). The first-order valence-electron chi connectivity index (χ1n) is 7.90. The van der Waals surface area contributed by atoms with Crippen molar-refractivity contribution in [3.63, 3.8) is 0 Å². The average Bonchev–Trinajstić information content (AvgIpc) is 2.88. The van der Waals surface area contributed by atoms with Crippen LogP contribution in [0, 0.1) is 0 Å². The van der Waals surface area contributed by atoms with E-state index in [9.17, 15) is 19.5 Å². The third-order valence-electron chi connectivity index (χ3n) is 4.64. The first-order valence-corrected chi connectivity index (χ1v) is 7.90. The number of aliphatic hydroxyl groups excluding tert-OH is 1. The Morgan fingerprint density at radius 3 is 2.88 bits per heavy atom. The molecule has 0 spiro atoms. The van der Waals surface area contributed by atoms with Crippen LogP contribution in [0.4, 0.5) is 5.69 Å². The zero-order chi connectivity index (χ0) is 16.8. The van der Waals surface area contributed by atoms with Crippen LogP contribution in [0.5, 0.6) is 5.75 Å². The summed E-state index contributed by atoms with van der Waals surface area (Å²) in [6.07, 6.45) is 0.250. The second kappa shape index (κ2) is 5.48. The van der Waals surface area contributed by atoms with Crippen LogP contribution in [-0.2, 0) is 16.1 Å². The minimum Gasteiger partial charge on any atom is -0.484 e. The lowest BCUT2D eigenvalue weighted by atomic mass is 10.0. The van der Waals surface area contributed by atoms with Crippen LogP contribution in [0.25, 0.3) is 0 Å². The molecule has 1 fully saturated rings. The predicted molar refractivity (Wildman–Crippen MR) is 82.5 cm³/mol. The summed E-state index contributed by atoms with van der Waals surface area (Å²) in [5, 5.41) is 14.6. The maximum Gasteiger partial charge on any atom is 0.255 e. The van der Waals surface area contributed by atoms with Gasteiger partial charge in [-0.25, -0.2) is 0 Å². The van der Waals surface area contributed by atoms with Gasteiger partial charge in [0.2, 0.25) is 11.8 Å². The van der Waals surface area contributed by atoms with Gasteiger partial charge < -0.3 is 20.1 Å². The number of fused-ring (bicyclic) bond motifs is 2. The normalized spacial score (nSPS) is 25.5. The number of hydrogen-bond acceptors (Lipinski definition) is 6. The first kappa shape index (κ1) is 14.9. The van der Waals surface area contributed by atoms with Gasteiger partial charge in [-0.05, 0) is 24.1 Å². The second-order valence-electron chi connectivity index (χ2n) is 6.21. The smallest absolute Gasteiger partial charge is 0.255 e. The van der Waals surface area contributed by atoms with Crippen LogP contribution < -0.4 is 15.4 Å². The van der Waals surface area contributed by atoms with Gasteiger partial charge in [-0.15, -0.1) is 0 Å². The van der Waals surface area contributed by atoms with Crippen LogP contribution in [-0.4, -0.2) is 53.0 Å². The summed E-state index contributed by atoms with van der Waals surface area (Å²) in [6, 6.07) is 2.88. The minimum absolute atomic E-state index is 0.0924. The summed E-state index contributed by atoms with van der Waals surface area (Å²) >= 11 is 0. The summed E-state index contributed by atoms with van der Waals surface area (Å²) in [6.45, 7) is 0.680. The van der Waals surface area contributed by atoms with E-state index in [1.807, 2.05) is 0 Å². The largest absolute Gasteiger partial charge is 0.484 e. The lowest BCUT2D eigenvalue weighted by Gasteiger charge is -2.29. The summed E-state index contributed by atoms with van der Waals surface area (Å²) in [4.78, 5) is 37.5. The number of carbonyl (C=O) groups is 3. The number of aliphatic hydroxyl groups is 1. The Labute approximate surface area is 137 Å². The molecule has 0 aromatic heterocycles. The fourth-order valence-electron chi connectivity index (χ4n) is 3.38. The second-order valence-corrected chi connectivity index (χ2v) is 6.21. The Morgan fingerprint density at radius 1 is 1.29 bits per heavy atom. The number of nitrogens with zero attached hydrogens (tertiary/aromatic N) is 1. The standard InChI is InChI=1S/C16H17N3O5/c20-7-9-5-17-11-4-10-8(3-13(11)24-9)6-19(16(10)23)12-1-2-14(21)18-15(12)22/h3-4,9,12,17,20H,1-2,5-7H2,(H,18,21,22). The molecule has 24 heavy (non-hydrogen) atoms. The Kier molecular flexibility index (Phi) is 3.42. The van der Waals surface area contributed by atoms with E-state index >= 15 is 0 Å². The van der Waals surface area contributed by atoms with Crippen molar-refractivity contribution in [3.05, 3.63) is 23.3 Å². The summed E-state index contributed by atoms with van der Waals surface area (Å²) in [5.74, 6) is -0.347. The highest BCUT2D eigenvalue weighted by Gasteiger charge is 2.40. The molecule has 3 N–H and O–H groups in total. The fraction of sp³-hybridized carbons (Fsp3) is 0.438. The lowest BCUT2D eigenvalue weighted by Crippen LogP contribution is -2.52. The van der Waals surface area contributed by atoms with Crippen molar-refractivity contribution < 1.29 is 24.2 Å². The predicted octanol–water partition coefficient (Wildman–Crippen LogP) is -0.387. The van der Waals surface area contributed by atoms with Crippen molar-refractivity contribution in [2.24, 2.45) is 0 Å². The molecule has 0 bridgehead atoms. The molecule has 126 valence electrons. The molecule has 0 aliphatic carbocycles. The molecule has 0 saturated carbocycles. The molecule has 1 aromatic rings. The Morgan fingerprint density at radius 2 is 2.12 bits per heavy atom. The van der Waals surface area contributed by atoms with Crippen molar-refractivity contribution in [3.8, 4) is 5.75 Å². The summed E-state index contributed by atoms with van der Waals surface area (Å²) in [7, 11) is 0. The van der Waals surface area contributed by atoms with Crippen LogP contribution in [0.1, 0.15) is 28.8 Å². The Balaban J connectivity index is 1.61. The van der Waals surface area contributed by atoms with Crippen molar-refractivity contribution in [2.75, 3.05) is 18.5 Å². The number of anilines is 1. The number of carbonyl (C=O) groups excluding carboxylic acids is 3. The van der Waals surface area contributed by atoms with Crippen LogP contribution in [0.2, 0.25) is 0 Å². The van der Waals surface area contributed by atoms with Gasteiger partial charge in [0, 0.05) is 18.5 Å². The van der Waals surface area contributed by atoms with Gasteiger partial charge in [-0.1, -0.05) is 0 Å². The summed E-state index contributed by atoms with van der Waals surface area (Å²) < 4.78 is 5.69. The lowest BCUT2D eigenvalue weighted by molar-refractivity contribution is -0.136. The molecule has 8 heteroatoms. The van der Waals surface area contributed by atoms with Crippen molar-refractivity contribution in [2.45, 2.75) is 31.5 Å². The number of ether oxygens (including phenoxy) is 1. The van der Waals surface area contributed by atoms with Crippen LogP contribution in [0.3, 0.4) is 0 Å². The van der Waals surface area contributed by atoms with Gasteiger partial charge in [0.05, 0.1) is 18.8 Å². The van der Waals surface area contributed by atoms with Crippen molar-refractivity contribution >= 4 is 23.4 Å². The monoisotopic (exact) mass is 331 g/mol. The quantitative estimate of drug-likeness (QED) is 0.637. The molecule has 0 radical (unpaired) electrons. The van der Waals surface area contributed by atoms with Gasteiger partial charge in [0.15, 0.2) is 0 Å².